The number of rotatable bonds is 11. The van der Waals surface area contributed by atoms with E-state index < -0.39 is 17.6 Å². The summed E-state index contributed by atoms with van der Waals surface area (Å²) in [6, 6.07) is 102. The van der Waals surface area contributed by atoms with Gasteiger partial charge in [0.25, 0.3) is 11.6 Å². The summed E-state index contributed by atoms with van der Waals surface area (Å²) < 4.78 is 19.6. The molecule has 23 rings (SSSR count). The van der Waals surface area contributed by atoms with E-state index in [2.05, 4.69) is 385 Å². The predicted octanol–water partition coefficient (Wildman–Crippen LogP) is 25.5. The van der Waals surface area contributed by atoms with Crippen molar-refractivity contribution >= 4 is 188 Å². The average Bonchev–Trinajstić information content (AvgIpc) is 1.45. The molecule has 11 heterocycles. The van der Waals surface area contributed by atoms with Gasteiger partial charge in [0.15, 0.2) is 17.2 Å². The topological polar surface area (TPSA) is 88.9 Å². The van der Waals surface area contributed by atoms with Crippen LogP contribution in [-0.2, 0) is 17.6 Å². The summed E-state index contributed by atoms with van der Waals surface area (Å²) in [6.45, 7) is 22.8. The van der Waals surface area contributed by atoms with Crippen LogP contribution in [0, 0.1) is 13.8 Å². The fraction of sp³-hybridized carbons (Fsp3) is 0.149. The molecule has 12 aromatic carbocycles. The monoisotopic (exact) mass is 1880 g/mol. The first-order valence-electron chi connectivity index (χ1n) is 41.3. The fourth-order valence-electron chi connectivity index (χ4n) is 19.7. The molecule has 20 aromatic rings. The van der Waals surface area contributed by atoms with Crippen molar-refractivity contribution in [1.82, 2.24) is 47.7 Å². The third-order valence-corrected chi connectivity index (χ3v) is 24.6. The van der Waals surface area contributed by atoms with E-state index >= 15 is 0 Å². The van der Waals surface area contributed by atoms with Crippen LogP contribution in [0.3, 0.4) is 0 Å². The number of hydrogen-bond donors (Lipinski definition) is 0. The van der Waals surface area contributed by atoms with Crippen molar-refractivity contribution in [3.05, 3.63) is 336 Å². The summed E-state index contributed by atoms with van der Waals surface area (Å²) in [6.07, 6.45) is 4.16. The molecule has 120 heavy (non-hydrogen) atoms. The number of fused-ring (bicyclic) bond motifs is 17. The number of aryl methyl sites for hydroxylation is 2. The van der Waals surface area contributed by atoms with Gasteiger partial charge in [0.1, 0.15) is 22.6 Å². The number of halogens is 4. The molecule has 12 nitrogen and oxygen atoms in total. The van der Waals surface area contributed by atoms with Crippen molar-refractivity contribution in [2.45, 2.75) is 98.6 Å². The quantitative estimate of drug-likeness (QED) is 0.0953. The van der Waals surface area contributed by atoms with Crippen LogP contribution in [0.5, 0.6) is 0 Å². The van der Waals surface area contributed by atoms with Crippen LogP contribution in [0.2, 0.25) is 0 Å². The molecule has 3 aliphatic heterocycles. The number of pyridine rings is 2. The minimum atomic E-state index is -3.06. The molecule has 0 bridgehead atoms. The molecule has 8 aromatic heterocycles. The Labute approximate surface area is 760 Å². The number of nitrogens with zero attached hydrogens (tertiary/aromatic N) is 12. The first-order chi connectivity index (χ1) is 58.3. The zero-order chi connectivity index (χ0) is 82.6. The second-order valence-electron chi connectivity index (χ2n) is 32.5. The molecule has 19 heteroatoms. The predicted molar refractivity (Wildman–Crippen MR) is 495 cm³/mol. The Kier molecular flexibility index (Phi) is 20.9. The summed E-state index contributed by atoms with van der Waals surface area (Å²) in [5.74, 6) is 6.94. The molecule has 584 valence electrons. The molecule has 0 fully saturated rings. The summed E-state index contributed by atoms with van der Waals surface area (Å²) in [7, 11) is 20.0. The molecule has 1 spiro atoms. The van der Waals surface area contributed by atoms with Crippen LogP contribution in [0.25, 0.3) is 167 Å². The molecule has 0 amide bonds. The number of aromatic nitrogens is 12. The summed E-state index contributed by atoms with van der Waals surface area (Å²) in [5.41, 5.74) is 27.8. The van der Waals surface area contributed by atoms with Gasteiger partial charge in [-0.15, -0.1) is 10.2 Å². The third-order valence-electron chi connectivity index (χ3n) is 24.6. The summed E-state index contributed by atoms with van der Waals surface area (Å²) in [5, 5.41) is 25.9. The van der Waals surface area contributed by atoms with E-state index in [1.807, 2.05) is 12.3 Å². The molecule has 0 radical (unpaired) electrons. The Morgan fingerprint density at radius 1 is 0.367 bits per heavy atom. The Bertz CT molecular complexity index is 7500. The molecular weight excluding hydrogens is 1800 g/mol. The van der Waals surface area contributed by atoms with E-state index in [4.69, 9.17) is 58.0 Å². The third kappa shape index (κ3) is 12.5. The van der Waals surface area contributed by atoms with Gasteiger partial charge in [-0.3, -0.25) is 9.13 Å². The van der Waals surface area contributed by atoms with Crippen LogP contribution in [0.4, 0.5) is 0 Å². The van der Waals surface area contributed by atoms with E-state index in [1.54, 1.807) is 0 Å². The molecule has 0 unspecified atom stereocenters. The van der Waals surface area contributed by atoms with E-state index in [0.29, 0.717) is 23.7 Å². The molecule has 0 saturated heterocycles. The van der Waals surface area contributed by atoms with Gasteiger partial charge in [0, 0.05) is 88.9 Å². The molecule has 3 aliphatic rings. The van der Waals surface area contributed by atoms with Crippen LogP contribution < -0.4 is 9.25 Å². The minimum absolute atomic E-state index is 0.296. The van der Waals surface area contributed by atoms with Crippen molar-refractivity contribution in [3.8, 4) is 79.9 Å². The van der Waals surface area contributed by atoms with Crippen LogP contribution >= 0.6 is 37.7 Å². The van der Waals surface area contributed by atoms with Crippen LogP contribution in [0.1, 0.15) is 124 Å². The van der Waals surface area contributed by atoms with Crippen molar-refractivity contribution in [1.29, 1.82) is 0 Å². The standard InChI is InChI=1S/C51H40N6.C50H42N6.4ClH.2K.Pt/c1-29(2)32-20-14-21-33(30(3)4)46(32)56-49(34-17-7-6-16-31(34)5)52-57-50(56)37-22-15-25-42-44(37)51(57)45-47-38(35-18-8-10-23-40(35)54(42)47)28-39-36-19-9-11-24-41(36)55(48(39)45)43-26-12-13-27-53(43)51;1-31(2)36-22-15-23-37(32(3)4)48(36)56-49(52-53-50(56)38-19-7-6-16-33(38)5)34-17-14-18-35(28-34)54-43-24-10-8-20-39(43)41-29-42-40-21-9-11-25-44(40)55(46(42)30-45(41)54)47-26-12-13-27-51-47;;;;;;;/h6-30H,1-5H3;6-32H,1-5H3;4*1H;;;/q+2;;;;;;;;+4/p-4/t51-;;;;;;;;/m0......../s1. The van der Waals surface area contributed by atoms with Gasteiger partial charge in [-0.1, -0.05) is 236 Å². The molecule has 0 aliphatic carbocycles. The van der Waals surface area contributed by atoms with Crippen molar-refractivity contribution in [2.75, 3.05) is 0 Å². The SMILES string of the molecule is Cc1ccccc1-c1n[n+]2c(n1-c1c(C(C)C)cccc1C(C)C)-c1cccc3c1[C@@]21c2c4c(cc5c6ccccc6n(c25)-c2cccc[n+]21)c1ccccc1n4-3.Cc1ccccc1-c1nnc(-c2cccc(-n3c4ccccc4c4cc5c6ccccc6n(-c6ccccn6)c5cc43)c2)n1-c1c(C(C)C)cccc1C(C)C.[Cl][Pt]([Cl])([Cl])[Cl].[K][K]. The van der Waals surface area contributed by atoms with Gasteiger partial charge in [0.05, 0.1) is 61.8 Å². The summed E-state index contributed by atoms with van der Waals surface area (Å²) in [4.78, 5) is 4.81. The normalized spacial score (nSPS) is 13.8. The Morgan fingerprint density at radius 2 is 0.817 bits per heavy atom. The van der Waals surface area contributed by atoms with Gasteiger partial charge in [-0.05, 0) is 162 Å². The van der Waals surface area contributed by atoms with E-state index in [9.17, 15) is 0 Å². The number of benzene rings is 12. The Balaban J connectivity index is 0.000000143. The molecule has 0 saturated carbocycles. The number of para-hydroxylation sites is 6. The Morgan fingerprint density at radius 3 is 1.38 bits per heavy atom. The maximum atomic E-state index is 6.03. The van der Waals surface area contributed by atoms with Gasteiger partial charge in [-0.2, -0.15) is 13.7 Å². The zero-order valence-electron chi connectivity index (χ0n) is 68.7. The fourth-order valence-corrected chi connectivity index (χ4v) is 19.7. The van der Waals surface area contributed by atoms with E-state index in [-0.39, 0.29) is 0 Å². The van der Waals surface area contributed by atoms with Gasteiger partial charge in [-0.25, -0.2) is 4.98 Å². The number of hydrogen-bond acceptors (Lipinski definition) is 4. The zero-order valence-corrected chi connectivity index (χ0v) is 80.3. The first kappa shape index (κ1) is 80.0. The second kappa shape index (κ2) is 31.4. The van der Waals surface area contributed by atoms with Crippen molar-refractivity contribution in [2.24, 2.45) is 0 Å². The molecular formula is C101H82Cl4K2N12Pt+2. The maximum absolute atomic E-state index is 6.03. The van der Waals surface area contributed by atoms with Crippen molar-refractivity contribution < 1.29 is 21.1 Å². The average molecular weight is 1880 g/mol. The molecule has 1 atom stereocenters. The van der Waals surface area contributed by atoms with Crippen LogP contribution in [-0.4, -0.2) is 111 Å². The Hall–Kier alpha value is -8.46. The van der Waals surface area contributed by atoms with Crippen LogP contribution in [0.15, 0.2) is 291 Å². The van der Waals surface area contributed by atoms with Gasteiger partial charge in [0.2, 0.25) is 0 Å². The summed E-state index contributed by atoms with van der Waals surface area (Å²) >= 11 is -0.556. The second-order valence-corrected chi connectivity index (χ2v) is 52.2. The van der Waals surface area contributed by atoms with E-state index in [0.717, 1.165) is 84.9 Å². The van der Waals surface area contributed by atoms with Gasteiger partial charge >= 0.3 is 124 Å². The first-order valence-corrected chi connectivity index (χ1v) is 68.6. The van der Waals surface area contributed by atoms with Gasteiger partial charge < -0.3 is 9.13 Å². The van der Waals surface area contributed by atoms with Crippen molar-refractivity contribution in [3.63, 3.8) is 0 Å². The van der Waals surface area contributed by atoms with E-state index in [1.165, 1.54) is 190 Å². The molecule has 0 N–H and O–H groups in total.